The van der Waals surface area contributed by atoms with E-state index >= 15 is 0 Å². The molecule has 0 saturated carbocycles. The number of amides is 5. The average molecular weight is 654 g/mol. The molecule has 0 aromatic heterocycles. The fourth-order valence-corrected chi connectivity index (χ4v) is 4.36. The van der Waals surface area contributed by atoms with Crippen LogP contribution in [0.4, 0.5) is 16.2 Å². The van der Waals surface area contributed by atoms with E-state index in [9.17, 15) is 19.2 Å². The third-order valence-electron chi connectivity index (χ3n) is 5.30. The smallest absolute Gasteiger partial charge is 0.335 e. The van der Waals surface area contributed by atoms with E-state index < -0.39 is 30.4 Å². The summed E-state index contributed by atoms with van der Waals surface area (Å²) in [5, 5.41) is 5.45. The first-order valence-electron chi connectivity index (χ1n) is 11.0. The van der Waals surface area contributed by atoms with Gasteiger partial charge in [0.2, 0.25) is 0 Å². The van der Waals surface area contributed by atoms with Crippen LogP contribution in [0.2, 0.25) is 15.1 Å². The van der Waals surface area contributed by atoms with Crippen LogP contribution < -0.4 is 25.0 Å². The summed E-state index contributed by atoms with van der Waals surface area (Å²) in [6.45, 7) is -0.415. The van der Waals surface area contributed by atoms with Crippen LogP contribution in [0.15, 0.2) is 64.6 Å². The Bertz CT molecular complexity index is 1530. The predicted octanol–water partition coefficient (Wildman–Crippen LogP) is 6.10. The molecule has 9 nitrogen and oxygen atoms in total. The molecule has 1 saturated heterocycles. The van der Waals surface area contributed by atoms with Gasteiger partial charge in [-0.2, -0.15) is 0 Å². The molecule has 3 aromatic carbocycles. The first kappa shape index (κ1) is 28.4. The third kappa shape index (κ3) is 6.54. The Kier molecular flexibility index (Phi) is 8.81. The number of hydrogen-bond donors (Lipinski definition) is 2. The Balaban J connectivity index is 1.54. The highest BCUT2D eigenvalue weighted by Gasteiger charge is 2.36. The van der Waals surface area contributed by atoms with Gasteiger partial charge in [0.15, 0.2) is 18.1 Å². The summed E-state index contributed by atoms with van der Waals surface area (Å²) in [7, 11) is 1.36. The lowest BCUT2D eigenvalue weighted by Gasteiger charge is -2.26. The van der Waals surface area contributed by atoms with Crippen LogP contribution in [-0.4, -0.2) is 37.5 Å². The molecular weight excluding hydrogens is 637 g/mol. The van der Waals surface area contributed by atoms with Crippen molar-refractivity contribution >= 4 is 91.9 Å². The summed E-state index contributed by atoms with van der Waals surface area (Å²) in [6.07, 6.45) is 1.27. The number of anilines is 2. The van der Waals surface area contributed by atoms with E-state index in [0.717, 1.165) is 9.37 Å². The van der Waals surface area contributed by atoms with Gasteiger partial charge in [0, 0.05) is 10.2 Å². The van der Waals surface area contributed by atoms with Gasteiger partial charge < -0.3 is 14.8 Å². The number of carbonyl (C=O) groups is 4. The molecule has 3 aromatic rings. The first-order valence-corrected chi connectivity index (χ1v) is 12.9. The van der Waals surface area contributed by atoms with E-state index in [2.05, 4.69) is 26.6 Å². The zero-order chi connectivity index (χ0) is 28.3. The van der Waals surface area contributed by atoms with E-state index in [4.69, 9.17) is 44.3 Å². The maximum absolute atomic E-state index is 13.1. The fourth-order valence-electron chi connectivity index (χ4n) is 3.52. The van der Waals surface area contributed by atoms with Gasteiger partial charge in [0.05, 0.1) is 27.9 Å². The second-order valence-electron chi connectivity index (χ2n) is 7.93. The lowest BCUT2D eigenvalue weighted by Crippen LogP contribution is -2.54. The van der Waals surface area contributed by atoms with Gasteiger partial charge in [-0.3, -0.25) is 19.7 Å². The topological polar surface area (TPSA) is 114 Å². The van der Waals surface area contributed by atoms with Crippen LogP contribution in [0, 0.1) is 0 Å². The molecule has 1 fully saturated rings. The summed E-state index contributed by atoms with van der Waals surface area (Å²) in [5.74, 6) is -1.98. The van der Waals surface area contributed by atoms with E-state index in [1.54, 1.807) is 36.4 Å². The molecule has 0 aliphatic carbocycles. The zero-order valence-corrected chi connectivity index (χ0v) is 23.7. The van der Waals surface area contributed by atoms with Gasteiger partial charge in [0.25, 0.3) is 17.7 Å². The van der Waals surface area contributed by atoms with Crippen molar-refractivity contribution in [3.05, 3.63) is 85.3 Å². The maximum Gasteiger partial charge on any atom is 0.335 e. The van der Waals surface area contributed by atoms with Crippen LogP contribution in [0.25, 0.3) is 6.08 Å². The Morgan fingerprint density at radius 3 is 2.38 bits per heavy atom. The number of benzene rings is 3. The molecule has 200 valence electrons. The third-order valence-corrected chi connectivity index (χ3v) is 6.85. The average Bonchev–Trinajstić information content (AvgIpc) is 2.88. The van der Waals surface area contributed by atoms with Crippen molar-refractivity contribution in [3.8, 4) is 11.5 Å². The molecule has 0 unspecified atom stereocenters. The highest BCUT2D eigenvalue weighted by Crippen LogP contribution is 2.37. The number of imide groups is 2. The number of urea groups is 1. The van der Waals surface area contributed by atoms with Gasteiger partial charge in [-0.15, -0.1) is 0 Å². The SMILES string of the molecule is COc1cc(/C=C2\C(=O)NC(=O)N(c3ccc(Br)cc3)C2=O)cc(Cl)c1OCC(=O)Nc1ccc(Cl)c(Cl)c1. The molecule has 2 N–H and O–H groups in total. The molecule has 39 heavy (non-hydrogen) atoms. The van der Waals surface area contributed by atoms with E-state index in [1.165, 1.54) is 31.4 Å². The number of hydrogen-bond acceptors (Lipinski definition) is 6. The second kappa shape index (κ2) is 12.1. The van der Waals surface area contributed by atoms with E-state index in [0.29, 0.717) is 16.3 Å². The normalized spacial score (nSPS) is 14.3. The molecule has 0 bridgehead atoms. The molecule has 1 aliphatic rings. The number of ether oxygens (including phenoxy) is 2. The lowest BCUT2D eigenvalue weighted by molar-refractivity contribution is -0.122. The van der Waals surface area contributed by atoms with Crippen molar-refractivity contribution in [1.82, 2.24) is 5.32 Å². The predicted molar refractivity (Wildman–Crippen MR) is 152 cm³/mol. The fraction of sp³-hybridized carbons (Fsp3) is 0.0769. The molecule has 4 rings (SSSR count). The number of rotatable bonds is 7. The van der Waals surface area contributed by atoms with Gasteiger partial charge in [0.1, 0.15) is 5.57 Å². The monoisotopic (exact) mass is 651 g/mol. The van der Waals surface area contributed by atoms with Gasteiger partial charge >= 0.3 is 6.03 Å². The Morgan fingerprint density at radius 1 is 1.00 bits per heavy atom. The van der Waals surface area contributed by atoms with Crippen molar-refractivity contribution < 1.29 is 28.7 Å². The lowest BCUT2D eigenvalue weighted by atomic mass is 10.1. The standard InChI is InChI=1S/C26H17BrCl3N3O6/c1-38-21-10-13(8-17-24(35)32-26(37)33(25(17)36)16-5-2-14(27)3-6-16)9-20(30)23(21)39-12-22(34)31-15-4-7-18(28)19(29)11-15/h2-11H,12H2,1H3,(H,31,34)(H,32,35,37)/b17-8+. The Labute approximate surface area is 245 Å². The molecule has 1 heterocycles. The first-order chi connectivity index (χ1) is 18.6. The van der Waals surface area contributed by atoms with Crippen LogP contribution in [0.5, 0.6) is 11.5 Å². The van der Waals surface area contributed by atoms with Crippen LogP contribution in [0.3, 0.4) is 0 Å². The summed E-state index contributed by atoms with van der Waals surface area (Å²) < 4.78 is 11.7. The molecule has 0 atom stereocenters. The number of halogens is 4. The van der Waals surface area contributed by atoms with E-state index in [-0.39, 0.29) is 32.8 Å². The highest BCUT2D eigenvalue weighted by molar-refractivity contribution is 9.10. The number of carbonyl (C=O) groups excluding carboxylic acids is 4. The number of barbiturate groups is 1. The second-order valence-corrected chi connectivity index (χ2v) is 10.1. The summed E-state index contributed by atoms with van der Waals surface area (Å²) in [6, 6.07) is 13.0. The maximum atomic E-state index is 13.1. The zero-order valence-electron chi connectivity index (χ0n) is 19.9. The van der Waals surface area contributed by atoms with Crippen molar-refractivity contribution in [2.75, 3.05) is 23.9 Å². The summed E-state index contributed by atoms with van der Waals surface area (Å²) >= 11 is 21.5. The van der Waals surface area contributed by atoms with Crippen LogP contribution in [-0.2, 0) is 14.4 Å². The van der Waals surface area contributed by atoms with Crippen molar-refractivity contribution in [2.24, 2.45) is 0 Å². The highest BCUT2D eigenvalue weighted by atomic mass is 79.9. The van der Waals surface area contributed by atoms with Crippen molar-refractivity contribution in [3.63, 3.8) is 0 Å². The van der Waals surface area contributed by atoms with Crippen molar-refractivity contribution in [2.45, 2.75) is 0 Å². The minimum atomic E-state index is -0.872. The Morgan fingerprint density at radius 2 is 1.72 bits per heavy atom. The molecule has 13 heteroatoms. The molecule has 1 aliphatic heterocycles. The number of nitrogens with one attached hydrogen (secondary N) is 2. The quantitative estimate of drug-likeness (QED) is 0.235. The number of methoxy groups -OCH3 is 1. The van der Waals surface area contributed by atoms with Crippen molar-refractivity contribution in [1.29, 1.82) is 0 Å². The largest absolute Gasteiger partial charge is 0.493 e. The summed E-state index contributed by atoms with van der Waals surface area (Å²) in [4.78, 5) is 51.3. The minimum Gasteiger partial charge on any atom is -0.493 e. The summed E-state index contributed by atoms with van der Waals surface area (Å²) in [5.41, 5.74) is 0.708. The Hall–Kier alpha value is -3.57. The molecule has 0 radical (unpaired) electrons. The molecule has 5 amide bonds. The number of nitrogens with zero attached hydrogens (tertiary/aromatic N) is 1. The van der Waals surface area contributed by atoms with E-state index in [1.807, 2.05) is 0 Å². The minimum absolute atomic E-state index is 0.0491. The van der Waals surface area contributed by atoms with Gasteiger partial charge in [-0.05, 0) is 66.2 Å². The molecular formula is C26H17BrCl3N3O6. The van der Waals surface area contributed by atoms with Gasteiger partial charge in [-0.25, -0.2) is 9.69 Å². The van der Waals surface area contributed by atoms with Gasteiger partial charge in [-0.1, -0.05) is 50.7 Å². The van der Waals surface area contributed by atoms with Crippen LogP contribution >= 0.6 is 50.7 Å². The molecule has 0 spiro atoms. The van der Waals surface area contributed by atoms with Crippen LogP contribution in [0.1, 0.15) is 5.56 Å².